The van der Waals surface area contributed by atoms with Crippen LogP contribution in [0.1, 0.15) is 32.4 Å². The monoisotopic (exact) mass is 252 g/mol. The minimum atomic E-state index is 0.0812. The highest BCUT2D eigenvalue weighted by Gasteiger charge is 2.13. The minimum Gasteiger partial charge on any atom is -0.469 e. The maximum absolute atomic E-state index is 11.7. The first kappa shape index (κ1) is 14.8. The van der Waals surface area contributed by atoms with Crippen molar-refractivity contribution in [2.75, 3.05) is 13.1 Å². The first-order valence-corrected chi connectivity index (χ1v) is 6.61. The van der Waals surface area contributed by atoms with Crippen LogP contribution in [-0.2, 0) is 11.2 Å². The highest BCUT2D eigenvalue weighted by molar-refractivity contribution is 5.76. The number of hydrogen-bond acceptors (Lipinski definition) is 3. The molecule has 1 atom stereocenters. The second-order valence-electron chi connectivity index (χ2n) is 5.11. The number of rotatable bonds is 8. The van der Waals surface area contributed by atoms with Gasteiger partial charge >= 0.3 is 0 Å². The Morgan fingerprint density at radius 1 is 1.50 bits per heavy atom. The van der Waals surface area contributed by atoms with Gasteiger partial charge in [0, 0.05) is 19.4 Å². The molecular weight excluding hydrogens is 228 g/mol. The van der Waals surface area contributed by atoms with Crippen LogP contribution in [0.4, 0.5) is 0 Å². The third kappa shape index (κ3) is 5.87. The van der Waals surface area contributed by atoms with Crippen molar-refractivity contribution in [2.24, 2.45) is 17.6 Å². The summed E-state index contributed by atoms with van der Waals surface area (Å²) < 4.78 is 5.20. The average molecular weight is 252 g/mol. The van der Waals surface area contributed by atoms with Crippen LogP contribution in [0.15, 0.2) is 22.8 Å². The largest absolute Gasteiger partial charge is 0.469 e. The van der Waals surface area contributed by atoms with Crippen LogP contribution in [0.3, 0.4) is 0 Å². The molecule has 0 radical (unpaired) electrons. The standard InChI is InChI=1S/C14H24N2O2/c1-11(2)8-12(10-15)9-14(17)16-6-5-13-4-3-7-18-13/h3-4,7,11-12H,5-6,8-10,15H2,1-2H3,(H,16,17)/t12-/m0/s1. The molecule has 4 heteroatoms. The first-order chi connectivity index (χ1) is 8.61. The van der Waals surface area contributed by atoms with Gasteiger partial charge in [-0.05, 0) is 36.9 Å². The molecule has 1 rings (SSSR count). The molecule has 0 fully saturated rings. The summed E-state index contributed by atoms with van der Waals surface area (Å²) in [4.78, 5) is 11.7. The maximum Gasteiger partial charge on any atom is 0.220 e. The molecule has 3 N–H and O–H groups in total. The summed E-state index contributed by atoms with van der Waals surface area (Å²) in [6.07, 6.45) is 3.90. The van der Waals surface area contributed by atoms with Gasteiger partial charge < -0.3 is 15.5 Å². The normalized spacial score (nSPS) is 12.7. The van der Waals surface area contributed by atoms with Gasteiger partial charge in [0.05, 0.1) is 6.26 Å². The molecule has 4 nitrogen and oxygen atoms in total. The zero-order valence-corrected chi connectivity index (χ0v) is 11.3. The molecule has 0 saturated carbocycles. The molecule has 0 aliphatic rings. The summed E-state index contributed by atoms with van der Waals surface area (Å²) in [5.41, 5.74) is 5.68. The van der Waals surface area contributed by atoms with E-state index >= 15 is 0 Å². The van der Waals surface area contributed by atoms with Gasteiger partial charge in [0.1, 0.15) is 5.76 Å². The van der Waals surface area contributed by atoms with Gasteiger partial charge in [0.15, 0.2) is 0 Å². The Morgan fingerprint density at radius 3 is 2.83 bits per heavy atom. The quantitative estimate of drug-likeness (QED) is 0.743. The van der Waals surface area contributed by atoms with E-state index in [0.29, 0.717) is 25.4 Å². The predicted octanol–water partition coefficient (Wildman–Crippen LogP) is 1.95. The zero-order valence-electron chi connectivity index (χ0n) is 11.3. The van der Waals surface area contributed by atoms with E-state index in [1.165, 1.54) is 0 Å². The molecule has 0 bridgehead atoms. The Hall–Kier alpha value is -1.29. The topological polar surface area (TPSA) is 68.3 Å². The lowest BCUT2D eigenvalue weighted by Gasteiger charge is -2.16. The Labute approximate surface area is 109 Å². The number of furan rings is 1. The van der Waals surface area contributed by atoms with E-state index < -0.39 is 0 Å². The molecular formula is C14H24N2O2. The van der Waals surface area contributed by atoms with Crippen LogP contribution in [0, 0.1) is 11.8 Å². The molecule has 18 heavy (non-hydrogen) atoms. The summed E-state index contributed by atoms with van der Waals surface area (Å²) in [5, 5.41) is 2.90. The van der Waals surface area contributed by atoms with E-state index in [2.05, 4.69) is 19.2 Å². The van der Waals surface area contributed by atoms with E-state index in [-0.39, 0.29) is 11.8 Å². The van der Waals surface area contributed by atoms with Gasteiger partial charge in [-0.15, -0.1) is 0 Å². The fraction of sp³-hybridized carbons (Fsp3) is 0.643. The molecule has 0 spiro atoms. The third-order valence-corrected chi connectivity index (χ3v) is 2.89. The maximum atomic E-state index is 11.7. The van der Waals surface area contributed by atoms with Crippen molar-refractivity contribution in [3.05, 3.63) is 24.2 Å². The van der Waals surface area contributed by atoms with E-state index in [4.69, 9.17) is 10.2 Å². The van der Waals surface area contributed by atoms with Gasteiger partial charge in [0.25, 0.3) is 0 Å². The van der Waals surface area contributed by atoms with Crippen molar-refractivity contribution < 1.29 is 9.21 Å². The second-order valence-corrected chi connectivity index (χ2v) is 5.11. The summed E-state index contributed by atoms with van der Waals surface area (Å²) in [6.45, 7) is 5.49. The van der Waals surface area contributed by atoms with Crippen LogP contribution >= 0.6 is 0 Å². The molecule has 0 unspecified atom stereocenters. The molecule has 1 aromatic rings. The fourth-order valence-electron chi connectivity index (χ4n) is 2.04. The smallest absolute Gasteiger partial charge is 0.220 e. The molecule has 1 aromatic heterocycles. The molecule has 102 valence electrons. The highest BCUT2D eigenvalue weighted by atomic mass is 16.3. The summed E-state index contributed by atoms with van der Waals surface area (Å²) in [5.74, 6) is 1.84. The van der Waals surface area contributed by atoms with E-state index in [9.17, 15) is 4.79 Å². The van der Waals surface area contributed by atoms with Gasteiger partial charge in [-0.1, -0.05) is 13.8 Å². The van der Waals surface area contributed by atoms with Gasteiger partial charge in [0.2, 0.25) is 5.91 Å². The first-order valence-electron chi connectivity index (χ1n) is 6.61. The summed E-state index contributed by atoms with van der Waals surface area (Å²) in [6, 6.07) is 3.76. The highest BCUT2D eigenvalue weighted by Crippen LogP contribution is 2.13. The van der Waals surface area contributed by atoms with Crippen molar-refractivity contribution in [2.45, 2.75) is 33.1 Å². The van der Waals surface area contributed by atoms with E-state index in [0.717, 1.165) is 18.6 Å². The Kier molecular flexibility index (Phi) is 6.50. The molecule has 0 aromatic carbocycles. The minimum absolute atomic E-state index is 0.0812. The molecule has 0 saturated heterocycles. The van der Waals surface area contributed by atoms with Crippen molar-refractivity contribution in [3.63, 3.8) is 0 Å². The second kappa shape index (κ2) is 7.93. The third-order valence-electron chi connectivity index (χ3n) is 2.89. The summed E-state index contributed by atoms with van der Waals surface area (Å²) in [7, 11) is 0. The van der Waals surface area contributed by atoms with Crippen LogP contribution in [0.2, 0.25) is 0 Å². The van der Waals surface area contributed by atoms with Gasteiger partial charge in [-0.2, -0.15) is 0 Å². The van der Waals surface area contributed by atoms with Gasteiger partial charge in [-0.3, -0.25) is 4.79 Å². The predicted molar refractivity (Wildman–Crippen MR) is 72.0 cm³/mol. The zero-order chi connectivity index (χ0) is 13.4. The van der Waals surface area contributed by atoms with Crippen molar-refractivity contribution >= 4 is 5.91 Å². The van der Waals surface area contributed by atoms with E-state index in [1.807, 2.05) is 12.1 Å². The van der Waals surface area contributed by atoms with Crippen molar-refractivity contribution in [1.29, 1.82) is 0 Å². The average Bonchev–Trinajstić information content (AvgIpc) is 2.80. The van der Waals surface area contributed by atoms with Crippen LogP contribution in [0.5, 0.6) is 0 Å². The van der Waals surface area contributed by atoms with E-state index in [1.54, 1.807) is 6.26 Å². The van der Waals surface area contributed by atoms with Crippen molar-refractivity contribution in [1.82, 2.24) is 5.32 Å². The summed E-state index contributed by atoms with van der Waals surface area (Å²) >= 11 is 0. The number of amides is 1. The Morgan fingerprint density at radius 2 is 2.28 bits per heavy atom. The molecule has 0 aliphatic carbocycles. The number of carbonyl (C=O) groups excluding carboxylic acids is 1. The Balaban J connectivity index is 2.19. The van der Waals surface area contributed by atoms with Crippen LogP contribution < -0.4 is 11.1 Å². The number of carbonyl (C=O) groups is 1. The van der Waals surface area contributed by atoms with Gasteiger partial charge in [-0.25, -0.2) is 0 Å². The lowest BCUT2D eigenvalue weighted by atomic mass is 9.94. The lowest BCUT2D eigenvalue weighted by molar-refractivity contribution is -0.122. The van der Waals surface area contributed by atoms with Crippen LogP contribution in [0.25, 0.3) is 0 Å². The fourth-order valence-corrected chi connectivity index (χ4v) is 2.04. The Bertz CT molecular complexity index is 334. The number of hydrogen-bond donors (Lipinski definition) is 2. The molecule has 1 heterocycles. The molecule has 1 amide bonds. The SMILES string of the molecule is CC(C)C[C@H](CN)CC(=O)NCCc1ccco1. The number of nitrogens with one attached hydrogen (secondary N) is 1. The number of nitrogens with two attached hydrogens (primary N) is 1. The van der Waals surface area contributed by atoms with Crippen molar-refractivity contribution in [3.8, 4) is 0 Å². The molecule has 0 aliphatic heterocycles. The van der Waals surface area contributed by atoms with Crippen LogP contribution in [-0.4, -0.2) is 19.0 Å². The lowest BCUT2D eigenvalue weighted by Crippen LogP contribution is -2.30.